The van der Waals surface area contributed by atoms with E-state index in [1.807, 2.05) is 13.8 Å². The van der Waals surface area contributed by atoms with Gasteiger partial charge in [-0.1, -0.05) is 25.4 Å². The normalized spacial score (nSPS) is 11.6. The Bertz CT molecular complexity index is 570. The van der Waals surface area contributed by atoms with E-state index in [4.69, 9.17) is 17.3 Å². The molecule has 0 fully saturated rings. The maximum absolute atomic E-state index is 12.0. The third-order valence-electron chi connectivity index (χ3n) is 2.34. The summed E-state index contributed by atoms with van der Waals surface area (Å²) < 4.78 is 24.1. The van der Waals surface area contributed by atoms with Crippen molar-refractivity contribution in [3.63, 3.8) is 0 Å². The second-order valence-electron chi connectivity index (χ2n) is 4.64. The summed E-state index contributed by atoms with van der Waals surface area (Å²) in [7, 11) is -3.75. The Kier molecular flexibility index (Phi) is 5.20. The number of nitrogens with two attached hydrogens (primary N) is 1. The molecule has 19 heavy (non-hydrogen) atoms. The summed E-state index contributed by atoms with van der Waals surface area (Å²) in [5, 5.41) is 2.90. The number of rotatable bonds is 5. The molecule has 5 nitrogen and oxygen atoms in total. The number of sulfone groups is 1. The summed E-state index contributed by atoms with van der Waals surface area (Å²) in [6.45, 7) is 4.28. The molecule has 1 aromatic carbocycles. The predicted molar refractivity (Wildman–Crippen MR) is 75.8 cm³/mol. The molecule has 0 saturated heterocycles. The summed E-state index contributed by atoms with van der Waals surface area (Å²) >= 11 is 5.70. The lowest BCUT2D eigenvalue weighted by Gasteiger charge is -2.10. The molecule has 1 amide bonds. The molecular formula is C12H17ClN2O3S. The van der Waals surface area contributed by atoms with Crippen LogP contribution in [0.4, 0.5) is 5.69 Å². The van der Waals surface area contributed by atoms with Gasteiger partial charge in [-0.2, -0.15) is 0 Å². The highest BCUT2D eigenvalue weighted by Gasteiger charge is 2.21. The molecule has 0 aliphatic carbocycles. The molecule has 0 bridgehead atoms. The Balaban J connectivity index is 2.84. The minimum absolute atomic E-state index is 0.0455. The van der Waals surface area contributed by atoms with E-state index in [0.29, 0.717) is 11.6 Å². The average Bonchev–Trinajstić information content (AvgIpc) is 2.25. The van der Waals surface area contributed by atoms with E-state index in [2.05, 4.69) is 5.32 Å². The van der Waals surface area contributed by atoms with E-state index < -0.39 is 21.5 Å². The third kappa shape index (κ3) is 4.72. The van der Waals surface area contributed by atoms with Gasteiger partial charge in [-0.05, 0) is 24.1 Å². The third-order valence-corrected chi connectivity index (χ3v) is 4.25. The number of nitrogens with one attached hydrogen (secondary N) is 1. The number of hydrogen-bond donors (Lipinski definition) is 2. The quantitative estimate of drug-likeness (QED) is 0.806. The highest BCUT2D eigenvalue weighted by Crippen LogP contribution is 2.23. The van der Waals surface area contributed by atoms with Crippen molar-refractivity contribution in [3.05, 3.63) is 23.2 Å². The first-order valence-corrected chi connectivity index (χ1v) is 7.80. The number of carbonyl (C=O) groups is 1. The van der Waals surface area contributed by atoms with Crippen LogP contribution in [0.15, 0.2) is 23.1 Å². The fourth-order valence-electron chi connectivity index (χ4n) is 1.42. The largest absolute Gasteiger partial charge is 0.398 e. The van der Waals surface area contributed by atoms with E-state index in [1.165, 1.54) is 18.2 Å². The summed E-state index contributed by atoms with van der Waals surface area (Å²) in [5.41, 5.74) is 5.66. The molecule has 106 valence electrons. The van der Waals surface area contributed by atoms with Gasteiger partial charge in [0.15, 0.2) is 9.84 Å². The maximum Gasteiger partial charge on any atom is 0.235 e. The van der Waals surface area contributed by atoms with Crippen LogP contribution >= 0.6 is 11.6 Å². The summed E-state index contributed by atoms with van der Waals surface area (Å²) in [6, 6.07) is 4.08. The average molecular weight is 305 g/mol. The molecule has 0 saturated carbocycles. The number of carbonyl (C=O) groups excluding carboxylic acids is 1. The van der Waals surface area contributed by atoms with Crippen LogP contribution in [0.3, 0.4) is 0 Å². The molecule has 0 atom stereocenters. The van der Waals surface area contributed by atoms with Gasteiger partial charge in [0.1, 0.15) is 5.75 Å². The van der Waals surface area contributed by atoms with Gasteiger partial charge in [0.05, 0.1) is 10.6 Å². The smallest absolute Gasteiger partial charge is 0.235 e. The van der Waals surface area contributed by atoms with E-state index >= 15 is 0 Å². The molecule has 1 aromatic rings. The maximum atomic E-state index is 12.0. The summed E-state index contributed by atoms with van der Waals surface area (Å²) in [6.07, 6.45) is 0. The standard InChI is InChI=1S/C12H17ClN2O3S/c1-8(2)6-15-12(16)7-19(17,18)11-4-3-9(13)5-10(11)14/h3-5,8H,6-7,14H2,1-2H3,(H,15,16). The zero-order valence-corrected chi connectivity index (χ0v) is 12.4. The Hall–Kier alpha value is -1.27. The molecule has 0 aliphatic heterocycles. The number of amides is 1. The molecule has 3 N–H and O–H groups in total. The number of halogens is 1. The van der Waals surface area contributed by atoms with Crippen molar-refractivity contribution < 1.29 is 13.2 Å². The van der Waals surface area contributed by atoms with Gasteiger partial charge in [-0.25, -0.2) is 8.42 Å². The molecule has 0 radical (unpaired) electrons. The Labute approximate surface area is 118 Å². The van der Waals surface area contributed by atoms with Gasteiger partial charge in [-0.15, -0.1) is 0 Å². The van der Waals surface area contributed by atoms with Crippen molar-refractivity contribution >= 4 is 33.0 Å². The van der Waals surface area contributed by atoms with Crippen LogP contribution in [-0.4, -0.2) is 26.6 Å². The number of anilines is 1. The Morgan fingerprint density at radius 1 is 1.42 bits per heavy atom. The van der Waals surface area contributed by atoms with Crippen molar-refractivity contribution in [1.29, 1.82) is 0 Å². The predicted octanol–water partition coefficient (Wildman–Crippen LogP) is 1.47. The lowest BCUT2D eigenvalue weighted by Crippen LogP contribution is -2.33. The highest BCUT2D eigenvalue weighted by atomic mass is 35.5. The van der Waals surface area contributed by atoms with Gasteiger partial charge in [0.2, 0.25) is 5.91 Å². The number of benzene rings is 1. The topological polar surface area (TPSA) is 89.3 Å². The van der Waals surface area contributed by atoms with E-state index in [0.717, 1.165) is 0 Å². The molecule has 0 unspecified atom stereocenters. The van der Waals surface area contributed by atoms with Crippen molar-refractivity contribution in [1.82, 2.24) is 5.32 Å². The fourth-order valence-corrected chi connectivity index (χ4v) is 2.90. The van der Waals surface area contributed by atoms with E-state index in [-0.39, 0.29) is 16.5 Å². The minimum Gasteiger partial charge on any atom is -0.398 e. The van der Waals surface area contributed by atoms with Gasteiger partial charge < -0.3 is 11.1 Å². The first kappa shape index (κ1) is 15.8. The Morgan fingerprint density at radius 2 is 2.05 bits per heavy atom. The van der Waals surface area contributed by atoms with Crippen molar-refractivity contribution in [2.75, 3.05) is 18.0 Å². The second-order valence-corrected chi connectivity index (χ2v) is 7.03. The van der Waals surface area contributed by atoms with Gasteiger partial charge in [0.25, 0.3) is 0 Å². The molecule has 7 heteroatoms. The van der Waals surface area contributed by atoms with Gasteiger partial charge in [0, 0.05) is 11.6 Å². The van der Waals surface area contributed by atoms with Crippen LogP contribution in [-0.2, 0) is 14.6 Å². The van der Waals surface area contributed by atoms with Gasteiger partial charge >= 0.3 is 0 Å². The molecule has 0 aromatic heterocycles. The van der Waals surface area contributed by atoms with Gasteiger partial charge in [-0.3, -0.25) is 4.79 Å². The second kappa shape index (κ2) is 6.25. The van der Waals surface area contributed by atoms with Crippen LogP contribution in [0, 0.1) is 5.92 Å². The van der Waals surface area contributed by atoms with Crippen LogP contribution in [0.25, 0.3) is 0 Å². The first-order chi connectivity index (χ1) is 8.72. The van der Waals surface area contributed by atoms with Crippen molar-refractivity contribution in [2.24, 2.45) is 5.92 Å². The van der Waals surface area contributed by atoms with E-state index in [1.54, 1.807) is 0 Å². The highest BCUT2D eigenvalue weighted by molar-refractivity contribution is 7.92. The van der Waals surface area contributed by atoms with Crippen LogP contribution in [0.5, 0.6) is 0 Å². The lowest BCUT2D eigenvalue weighted by molar-refractivity contribution is -0.118. The Morgan fingerprint density at radius 3 is 2.58 bits per heavy atom. The molecule has 0 heterocycles. The molecule has 1 rings (SSSR count). The first-order valence-electron chi connectivity index (χ1n) is 5.77. The molecule has 0 spiro atoms. The molecular weight excluding hydrogens is 288 g/mol. The summed E-state index contributed by atoms with van der Waals surface area (Å²) in [4.78, 5) is 11.5. The van der Waals surface area contributed by atoms with Crippen LogP contribution in [0.1, 0.15) is 13.8 Å². The van der Waals surface area contributed by atoms with Crippen molar-refractivity contribution in [2.45, 2.75) is 18.7 Å². The fraction of sp³-hybridized carbons (Fsp3) is 0.417. The molecule has 0 aliphatic rings. The van der Waals surface area contributed by atoms with Crippen LogP contribution < -0.4 is 11.1 Å². The number of nitrogen functional groups attached to an aromatic ring is 1. The monoisotopic (exact) mass is 304 g/mol. The van der Waals surface area contributed by atoms with E-state index in [9.17, 15) is 13.2 Å². The minimum atomic E-state index is -3.75. The zero-order chi connectivity index (χ0) is 14.6. The zero-order valence-electron chi connectivity index (χ0n) is 10.8. The summed E-state index contributed by atoms with van der Waals surface area (Å²) in [5.74, 6) is -0.902. The lowest BCUT2D eigenvalue weighted by atomic mass is 10.2. The number of hydrogen-bond acceptors (Lipinski definition) is 4. The SMILES string of the molecule is CC(C)CNC(=O)CS(=O)(=O)c1ccc(Cl)cc1N. The van der Waals surface area contributed by atoms with Crippen molar-refractivity contribution in [3.8, 4) is 0 Å². The van der Waals surface area contributed by atoms with Crippen LogP contribution in [0.2, 0.25) is 5.02 Å².